The Kier molecular flexibility index (Phi) is 9.15. The Bertz CT molecular complexity index is 1070. The fourth-order valence-corrected chi connectivity index (χ4v) is 5.28. The van der Waals surface area contributed by atoms with Gasteiger partial charge in [-0.2, -0.15) is 0 Å². The number of aromatic nitrogens is 2. The van der Waals surface area contributed by atoms with Gasteiger partial charge in [-0.15, -0.1) is 11.3 Å². The van der Waals surface area contributed by atoms with Crippen LogP contribution in [0.4, 0.5) is 5.82 Å². The van der Waals surface area contributed by atoms with Crippen molar-refractivity contribution in [3.8, 4) is 10.6 Å². The first-order valence-corrected chi connectivity index (χ1v) is 12.7. The minimum atomic E-state index is 0.492. The highest BCUT2D eigenvalue weighted by Crippen LogP contribution is 2.33. The first kappa shape index (κ1) is 25.1. The highest BCUT2D eigenvalue weighted by atomic mass is 32.1. The summed E-state index contributed by atoms with van der Waals surface area (Å²) >= 11 is 1.62. The topological polar surface area (TPSA) is 67.4 Å². The number of anilines is 1. The SMILES string of the molecule is C/C=C(\C=NC)c1cnc(N)c(-c2nc3ccccc3s2)c1.CCCC1CC(C)CCN1C. The molecule has 4 rings (SSSR count). The van der Waals surface area contributed by atoms with Crippen molar-refractivity contribution in [2.75, 3.05) is 26.4 Å². The Morgan fingerprint density at radius 1 is 1.33 bits per heavy atom. The van der Waals surface area contributed by atoms with E-state index in [-0.39, 0.29) is 0 Å². The molecule has 3 aromatic rings. The molecule has 0 aliphatic carbocycles. The van der Waals surface area contributed by atoms with Crippen LogP contribution in [0.3, 0.4) is 0 Å². The summed E-state index contributed by atoms with van der Waals surface area (Å²) in [5.74, 6) is 1.45. The van der Waals surface area contributed by atoms with Crippen LogP contribution in [0.5, 0.6) is 0 Å². The number of nitrogens with two attached hydrogens (primary N) is 1. The molecule has 0 radical (unpaired) electrons. The Balaban J connectivity index is 0.000000235. The van der Waals surface area contributed by atoms with Crippen molar-refractivity contribution in [1.29, 1.82) is 0 Å². The lowest BCUT2D eigenvalue weighted by Gasteiger charge is -2.35. The van der Waals surface area contributed by atoms with Gasteiger partial charge in [0.1, 0.15) is 10.8 Å². The van der Waals surface area contributed by atoms with Crippen molar-refractivity contribution in [2.45, 2.75) is 52.5 Å². The fraction of sp³-hybridized carbons (Fsp3) is 0.444. The summed E-state index contributed by atoms with van der Waals surface area (Å²) in [5, 5.41) is 0.886. The van der Waals surface area contributed by atoms with E-state index in [1.807, 2.05) is 43.5 Å². The van der Waals surface area contributed by atoms with Crippen molar-refractivity contribution in [3.05, 3.63) is 48.2 Å². The molecule has 1 fully saturated rings. The van der Waals surface area contributed by atoms with E-state index < -0.39 is 0 Å². The maximum atomic E-state index is 6.06. The number of nitrogens with zero attached hydrogens (tertiary/aromatic N) is 4. The predicted molar refractivity (Wildman–Crippen MR) is 145 cm³/mol. The number of hydrogen-bond donors (Lipinski definition) is 1. The smallest absolute Gasteiger partial charge is 0.133 e. The molecule has 33 heavy (non-hydrogen) atoms. The van der Waals surface area contributed by atoms with E-state index in [1.54, 1.807) is 24.6 Å². The van der Waals surface area contributed by atoms with Crippen LogP contribution in [0.1, 0.15) is 52.0 Å². The first-order valence-electron chi connectivity index (χ1n) is 11.9. The lowest BCUT2D eigenvalue weighted by atomic mass is 9.91. The number of allylic oxidation sites excluding steroid dienone is 2. The number of thiazole rings is 1. The molecule has 0 saturated carbocycles. The van der Waals surface area contributed by atoms with Crippen molar-refractivity contribution < 1.29 is 0 Å². The average Bonchev–Trinajstić information content (AvgIpc) is 3.25. The highest BCUT2D eigenvalue weighted by molar-refractivity contribution is 7.21. The standard InChI is InChI=1S/C17H16N4S.C10H21N/c1-3-11(9-19-2)12-8-13(16(18)20-10-12)17-21-14-6-4-5-7-15(14)22-17;1-4-5-10-8-9(2)6-7-11(10)3/h3-10H,1-2H3,(H2,18,20);9-10H,4-8H2,1-3H3/b11-3+,19-9?;. The number of pyridine rings is 1. The molecule has 1 aliphatic rings. The molecular weight excluding hydrogens is 426 g/mol. The first-order chi connectivity index (χ1) is 16.0. The van der Waals surface area contributed by atoms with Gasteiger partial charge in [-0.25, -0.2) is 9.97 Å². The van der Waals surface area contributed by atoms with Crippen LogP contribution in [0.2, 0.25) is 0 Å². The van der Waals surface area contributed by atoms with Gasteiger partial charge in [0.05, 0.1) is 15.8 Å². The van der Waals surface area contributed by atoms with Crippen LogP contribution in [0.25, 0.3) is 26.4 Å². The number of likely N-dealkylation sites (tertiary alicyclic amines) is 1. The third-order valence-corrected chi connectivity index (χ3v) is 7.32. The number of rotatable bonds is 5. The van der Waals surface area contributed by atoms with Gasteiger partial charge >= 0.3 is 0 Å². The fourth-order valence-electron chi connectivity index (χ4n) is 4.29. The lowest BCUT2D eigenvalue weighted by molar-refractivity contribution is 0.140. The number of benzene rings is 1. The van der Waals surface area contributed by atoms with Gasteiger partial charge in [-0.3, -0.25) is 4.99 Å². The summed E-state index contributed by atoms with van der Waals surface area (Å²) in [6.45, 7) is 7.96. The summed E-state index contributed by atoms with van der Waals surface area (Å²) in [6.07, 6.45) is 11.1. The van der Waals surface area contributed by atoms with E-state index in [0.717, 1.165) is 43.9 Å². The number of hydrogen-bond acceptors (Lipinski definition) is 6. The monoisotopic (exact) mass is 463 g/mol. The second kappa shape index (κ2) is 12.1. The summed E-state index contributed by atoms with van der Waals surface area (Å²) in [4.78, 5) is 15.6. The zero-order valence-electron chi connectivity index (χ0n) is 20.6. The minimum Gasteiger partial charge on any atom is -0.383 e. The molecule has 0 amide bonds. The molecule has 2 unspecified atom stereocenters. The molecule has 1 saturated heterocycles. The van der Waals surface area contributed by atoms with E-state index in [9.17, 15) is 0 Å². The number of para-hydroxylation sites is 1. The van der Waals surface area contributed by atoms with Crippen molar-refractivity contribution in [3.63, 3.8) is 0 Å². The second-order valence-corrected chi connectivity index (χ2v) is 9.86. The second-order valence-electron chi connectivity index (χ2n) is 8.83. The molecule has 3 heterocycles. The summed E-state index contributed by atoms with van der Waals surface area (Å²) in [6, 6.07) is 11.0. The molecule has 5 nitrogen and oxygen atoms in total. The van der Waals surface area contributed by atoms with Crippen LogP contribution in [0.15, 0.2) is 47.6 Å². The molecular formula is C27H37N5S. The Hall–Kier alpha value is -2.57. The van der Waals surface area contributed by atoms with Gasteiger partial charge in [0.25, 0.3) is 0 Å². The maximum Gasteiger partial charge on any atom is 0.133 e. The zero-order valence-corrected chi connectivity index (χ0v) is 21.4. The van der Waals surface area contributed by atoms with E-state index in [1.165, 1.54) is 32.2 Å². The Morgan fingerprint density at radius 3 is 2.82 bits per heavy atom. The number of nitrogen functional groups attached to an aromatic ring is 1. The van der Waals surface area contributed by atoms with Crippen molar-refractivity contribution in [1.82, 2.24) is 14.9 Å². The molecule has 1 aliphatic heterocycles. The molecule has 6 heteroatoms. The molecule has 2 atom stereocenters. The minimum absolute atomic E-state index is 0.492. The molecule has 1 aromatic carbocycles. The largest absolute Gasteiger partial charge is 0.383 e. The van der Waals surface area contributed by atoms with Crippen LogP contribution >= 0.6 is 11.3 Å². The van der Waals surface area contributed by atoms with Gasteiger partial charge < -0.3 is 10.6 Å². The molecule has 2 aromatic heterocycles. The molecule has 0 bridgehead atoms. The van der Waals surface area contributed by atoms with Gasteiger partial charge in [0, 0.05) is 31.1 Å². The third-order valence-electron chi connectivity index (χ3n) is 6.25. The molecule has 2 N–H and O–H groups in total. The molecule has 0 spiro atoms. The van der Waals surface area contributed by atoms with E-state index in [2.05, 4.69) is 46.8 Å². The number of fused-ring (bicyclic) bond motifs is 1. The van der Waals surface area contributed by atoms with Gasteiger partial charge in [0.15, 0.2) is 0 Å². The van der Waals surface area contributed by atoms with Gasteiger partial charge in [-0.05, 0) is 69.5 Å². The maximum absolute atomic E-state index is 6.06. The van der Waals surface area contributed by atoms with Crippen LogP contribution < -0.4 is 5.73 Å². The summed E-state index contributed by atoms with van der Waals surface area (Å²) < 4.78 is 1.14. The Labute approximate surface area is 202 Å². The van der Waals surface area contributed by atoms with Gasteiger partial charge in [-0.1, -0.05) is 38.5 Å². The van der Waals surface area contributed by atoms with Crippen molar-refractivity contribution in [2.24, 2.45) is 10.9 Å². The van der Waals surface area contributed by atoms with Crippen LogP contribution in [0, 0.1) is 5.92 Å². The van der Waals surface area contributed by atoms with E-state index in [0.29, 0.717) is 5.82 Å². The lowest BCUT2D eigenvalue weighted by Crippen LogP contribution is -2.38. The summed E-state index contributed by atoms with van der Waals surface area (Å²) in [5.41, 5.74) is 9.90. The van der Waals surface area contributed by atoms with E-state index >= 15 is 0 Å². The van der Waals surface area contributed by atoms with Crippen molar-refractivity contribution >= 4 is 39.2 Å². The average molecular weight is 464 g/mol. The normalized spacial score (nSPS) is 19.6. The van der Waals surface area contributed by atoms with Crippen LogP contribution in [-0.2, 0) is 0 Å². The highest BCUT2D eigenvalue weighted by Gasteiger charge is 2.22. The quantitative estimate of drug-likeness (QED) is 0.435. The summed E-state index contributed by atoms with van der Waals surface area (Å²) in [7, 11) is 4.02. The zero-order chi connectivity index (χ0) is 23.8. The third kappa shape index (κ3) is 6.49. The number of piperidine rings is 1. The number of aliphatic imine (C=N–C) groups is 1. The van der Waals surface area contributed by atoms with E-state index in [4.69, 9.17) is 5.73 Å². The predicted octanol–water partition coefficient (Wildman–Crippen LogP) is 6.56. The van der Waals surface area contributed by atoms with Gasteiger partial charge in [0.2, 0.25) is 0 Å². The molecule has 176 valence electrons. The Morgan fingerprint density at radius 2 is 2.12 bits per heavy atom. The van der Waals surface area contributed by atoms with Crippen LogP contribution in [-0.4, -0.2) is 47.8 Å².